The van der Waals surface area contributed by atoms with E-state index in [9.17, 15) is 5.11 Å². The van der Waals surface area contributed by atoms with Gasteiger partial charge in [0.15, 0.2) is 0 Å². The minimum Gasteiger partial charge on any atom is -0.496 e. The summed E-state index contributed by atoms with van der Waals surface area (Å²) >= 11 is 3.53. The third-order valence-electron chi connectivity index (χ3n) is 2.94. The molecule has 0 heterocycles. The maximum atomic E-state index is 9.26. The summed E-state index contributed by atoms with van der Waals surface area (Å²) in [4.78, 5) is 0. The van der Waals surface area contributed by atoms with Gasteiger partial charge in [0.25, 0.3) is 0 Å². The van der Waals surface area contributed by atoms with E-state index in [1.165, 1.54) is 0 Å². The highest BCUT2D eigenvalue weighted by Crippen LogP contribution is 2.39. The molecule has 0 fully saturated rings. The average molecular weight is 302 g/mol. The largest absolute Gasteiger partial charge is 0.496 e. The molecule has 17 heavy (non-hydrogen) atoms. The normalized spacial score (nSPS) is 12.9. The number of aliphatic hydroxyl groups is 1. The molecule has 0 saturated heterocycles. The molecular formula is C13H20BrNO2. The number of methoxy groups -OCH3 is 1. The SMILES string of the molecule is COc1c(C(C)C)cc(Br)c(C)c1C(N)CO. The summed E-state index contributed by atoms with van der Waals surface area (Å²) in [5.74, 6) is 1.13. The smallest absolute Gasteiger partial charge is 0.127 e. The summed E-state index contributed by atoms with van der Waals surface area (Å²) in [5, 5.41) is 9.26. The van der Waals surface area contributed by atoms with Gasteiger partial charge in [0.1, 0.15) is 5.75 Å². The third kappa shape index (κ3) is 2.81. The zero-order chi connectivity index (χ0) is 13.2. The van der Waals surface area contributed by atoms with Gasteiger partial charge in [-0.05, 0) is 30.0 Å². The van der Waals surface area contributed by atoms with Gasteiger partial charge in [0.2, 0.25) is 0 Å². The molecule has 1 atom stereocenters. The van der Waals surface area contributed by atoms with Gasteiger partial charge in [-0.3, -0.25) is 0 Å². The van der Waals surface area contributed by atoms with E-state index in [0.717, 1.165) is 26.9 Å². The molecule has 1 rings (SSSR count). The summed E-state index contributed by atoms with van der Waals surface area (Å²) in [5.41, 5.74) is 8.96. The van der Waals surface area contributed by atoms with E-state index in [4.69, 9.17) is 10.5 Å². The fourth-order valence-electron chi connectivity index (χ4n) is 1.96. The lowest BCUT2D eigenvalue weighted by molar-refractivity contribution is 0.264. The topological polar surface area (TPSA) is 55.5 Å². The molecule has 3 nitrogen and oxygen atoms in total. The summed E-state index contributed by atoms with van der Waals surface area (Å²) in [6, 6.07) is 1.65. The number of nitrogens with two attached hydrogens (primary N) is 1. The molecule has 3 N–H and O–H groups in total. The van der Waals surface area contributed by atoms with Gasteiger partial charge in [-0.1, -0.05) is 29.8 Å². The van der Waals surface area contributed by atoms with E-state index < -0.39 is 6.04 Å². The maximum absolute atomic E-state index is 9.26. The monoisotopic (exact) mass is 301 g/mol. The number of aliphatic hydroxyl groups excluding tert-OH is 1. The van der Waals surface area contributed by atoms with Crippen molar-refractivity contribution in [1.29, 1.82) is 0 Å². The molecule has 0 aliphatic heterocycles. The maximum Gasteiger partial charge on any atom is 0.127 e. The fraction of sp³-hybridized carbons (Fsp3) is 0.538. The summed E-state index contributed by atoms with van der Waals surface area (Å²) in [6.45, 7) is 6.09. The standard InChI is InChI=1S/C13H20BrNO2/c1-7(2)9-5-10(14)8(3)12(11(15)6-16)13(9)17-4/h5,7,11,16H,6,15H2,1-4H3. The van der Waals surface area contributed by atoms with Crippen molar-refractivity contribution in [3.05, 3.63) is 27.2 Å². The van der Waals surface area contributed by atoms with Crippen molar-refractivity contribution in [3.8, 4) is 5.75 Å². The second-order valence-corrected chi connectivity index (χ2v) is 5.32. The van der Waals surface area contributed by atoms with Crippen LogP contribution in [0.25, 0.3) is 0 Å². The summed E-state index contributed by atoms with van der Waals surface area (Å²) < 4.78 is 6.49. The van der Waals surface area contributed by atoms with Crippen molar-refractivity contribution in [2.75, 3.05) is 13.7 Å². The number of benzene rings is 1. The quantitative estimate of drug-likeness (QED) is 0.899. The van der Waals surface area contributed by atoms with Gasteiger partial charge in [0.05, 0.1) is 19.8 Å². The lowest BCUT2D eigenvalue weighted by atomic mass is 9.92. The number of hydrogen-bond donors (Lipinski definition) is 2. The number of halogens is 1. The number of ether oxygens (including phenoxy) is 1. The molecule has 0 aromatic heterocycles. The van der Waals surface area contributed by atoms with Crippen molar-refractivity contribution in [1.82, 2.24) is 0 Å². The Morgan fingerprint density at radius 2 is 2.06 bits per heavy atom. The molecular weight excluding hydrogens is 282 g/mol. The Morgan fingerprint density at radius 3 is 2.47 bits per heavy atom. The van der Waals surface area contributed by atoms with Crippen molar-refractivity contribution < 1.29 is 9.84 Å². The first-order valence-electron chi connectivity index (χ1n) is 5.67. The molecule has 0 saturated carbocycles. The van der Waals surface area contributed by atoms with E-state index in [2.05, 4.69) is 35.8 Å². The Bertz CT molecular complexity index is 405. The minimum absolute atomic E-state index is 0.0921. The zero-order valence-electron chi connectivity index (χ0n) is 10.7. The van der Waals surface area contributed by atoms with E-state index in [1.807, 2.05) is 6.92 Å². The minimum atomic E-state index is -0.417. The van der Waals surface area contributed by atoms with Crippen LogP contribution in [0.3, 0.4) is 0 Å². The van der Waals surface area contributed by atoms with Crippen LogP contribution in [0.2, 0.25) is 0 Å². The van der Waals surface area contributed by atoms with Crippen LogP contribution >= 0.6 is 15.9 Å². The molecule has 0 radical (unpaired) electrons. The highest BCUT2D eigenvalue weighted by molar-refractivity contribution is 9.10. The van der Waals surface area contributed by atoms with E-state index in [-0.39, 0.29) is 6.61 Å². The fourth-order valence-corrected chi connectivity index (χ4v) is 2.42. The Morgan fingerprint density at radius 1 is 1.47 bits per heavy atom. The molecule has 0 aliphatic carbocycles. The van der Waals surface area contributed by atoms with Crippen LogP contribution in [-0.2, 0) is 0 Å². The molecule has 1 aromatic carbocycles. The molecule has 0 spiro atoms. The van der Waals surface area contributed by atoms with Crippen molar-refractivity contribution in [2.24, 2.45) is 5.73 Å². The highest BCUT2D eigenvalue weighted by atomic mass is 79.9. The lowest BCUT2D eigenvalue weighted by Crippen LogP contribution is -2.18. The Balaban J connectivity index is 3.53. The van der Waals surface area contributed by atoms with Crippen LogP contribution in [-0.4, -0.2) is 18.8 Å². The zero-order valence-corrected chi connectivity index (χ0v) is 12.3. The average Bonchev–Trinajstić information content (AvgIpc) is 2.30. The van der Waals surface area contributed by atoms with Crippen molar-refractivity contribution in [2.45, 2.75) is 32.7 Å². The van der Waals surface area contributed by atoms with Crippen LogP contribution in [0.4, 0.5) is 0 Å². The summed E-state index contributed by atoms with van der Waals surface area (Å²) in [7, 11) is 1.64. The molecule has 0 amide bonds. The number of hydrogen-bond acceptors (Lipinski definition) is 3. The molecule has 0 aliphatic rings. The van der Waals surface area contributed by atoms with Crippen molar-refractivity contribution in [3.63, 3.8) is 0 Å². The van der Waals surface area contributed by atoms with Gasteiger partial charge in [-0.2, -0.15) is 0 Å². The predicted molar refractivity (Wildman–Crippen MR) is 73.5 cm³/mol. The van der Waals surface area contributed by atoms with Crippen LogP contribution in [0.1, 0.15) is 42.5 Å². The second-order valence-electron chi connectivity index (χ2n) is 4.46. The summed E-state index contributed by atoms with van der Waals surface area (Å²) in [6.07, 6.45) is 0. The van der Waals surface area contributed by atoms with Gasteiger partial charge in [-0.15, -0.1) is 0 Å². The van der Waals surface area contributed by atoms with Gasteiger partial charge >= 0.3 is 0 Å². The van der Waals surface area contributed by atoms with E-state index >= 15 is 0 Å². The van der Waals surface area contributed by atoms with E-state index in [0.29, 0.717) is 5.92 Å². The molecule has 4 heteroatoms. The molecule has 1 unspecified atom stereocenters. The van der Waals surface area contributed by atoms with Gasteiger partial charge < -0.3 is 15.6 Å². The van der Waals surface area contributed by atoms with Crippen molar-refractivity contribution >= 4 is 15.9 Å². The van der Waals surface area contributed by atoms with Gasteiger partial charge in [0, 0.05) is 10.0 Å². The molecule has 0 bridgehead atoms. The first-order valence-corrected chi connectivity index (χ1v) is 6.46. The second kappa shape index (κ2) is 5.85. The van der Waals surface area contributed by atoms with Crippen LogP contribution in [0.15, 0.2) is 10.5 Å². The highest BCUT2D eigenvalue weighted by Gasteiger charge is 2.21. The number of rotatable bonds is 4. The van der Waals surface area contributed by atoms with Crippen LogP contribution < -0.4 is 10.5 Å². The first kappa shape index (κ1) is 14.5. The van der Waals surface area contributed by atoms with E-state index in [1.54, 1.807) is 7.11 Å². The predicted octanol–water partition coefficient (Wildman–Crippen LogP) is 2.88. The van der Waals surface area contributed by atoms with Gasteiger partial charge in [-0.25, -0.2) is 0 Å². The first-order chi connectivity index (χ1) is 7.93. The molecule has 1 aromatic rings. The lowest BCUT2D eigenvalue weighted by Gasteiger charge is -2.22. The Labute approximate surface area is 111 Å². The molecule has 96 valence electrons. The van der Waals surface area contributed by atoms with Crippen LogP contribution in [0.5, 0.6) is 5.75 Å². The van der Waals surface area contributed by atoms with Crippen LogP contribution in [0, 0.1) is 6.92 Å². The Hall–Kier alpha value is -0.580. The Kier molecular flexibility index (Phi) is 4.98. The third-order valence-corrected chi connectivity index (χ3v) is 3.77.